The lowest BCUT2D eigenvalue weighted by atomic mass is 9.84. The molecule has 3 aromatic heterocycles. The van der Waals surface area contributed by atoms with E-state index >= 15 is 0 Å². The van der Waals surface area contributed by atoms with Crippen LogP contribution in [-0.2, 0) is 27.9 Å². The number of carbonyl (C=O) groups is 1. The van der Waals surface area contributed by atoms with Crippen LogP contribution in [0.3, 0.4) is 0 Å². The summed E-state index contributed by atoms with van der Waals surface area (Å²) in [6.45, 7) is 10.9. The Bertz CT molecular complexity index is 2040. The van der Waals surface area contributed by atoms with Crippen molar-refractivity contribution in [2.24, 2.45) is 0 Å². The molecule has 0 unspecified atom stereocenters. The van der Waals surface area contributed by atoms with Crippen molar-refractivity contribution in [1.82, 2.24) is 29.3 Å². The molecule has 11 nitrogen and oxygen atoms in total. The predicted octanol–water partition coefficient (Wildman–Crippen LogP) is 5.69. The lowest BCUT2D eigenvalue weighted by Gasteiger charge is -2.25. The van der Waals surface area contributed by atoms with Gasteiger partial charge < -0.3 is 10.1 Å². The maximum atomic E-state index is 13.9. The smallest absolute Gasteiger partial charge is 0.248 e. The number of fused-ring (bicyclic) bond motifs is 2. The highest BCUT2D eigenvalue weighted by atomic mass is 32.2. The second-order valence-corrected chi connectivity index (χ2v) is 13.9. The molecule has 5 aromatic rings. The van der Waals surface area contributed by atoms with Crippen molar-refractivity contribution in [1.29, 1.82) is 0 Å². The molecular formula is C35H39N7O4S. The molecule has 12 heteroatoms. The van der Waals surface area contributed by atoms with Gasteiger partial charge in [-0.15, -0.1) is 5.10 Å². The van der Waals surface area contributed by atoms with Crippen molar-refractivity contribution in [2.45, 2.75) is 77.5 Å². The first-order valence-corrected chi connectivity index (χ1v) is 17.3. The number of rotatable bonds is 9. The van der Waals surface area contributed by atoms with Crippen molar-refractivity contribution in [3.8, 4) is 5.88 Å². The van der Waals surface area contributed by atoms with Crippen molar-refractivity contribution in [2.75, 3.05) is 11.9 Å². The lowest BCUT2D eigenvalue weighted by Crippen LogP contribution is -2.36. The largest absolute Gasteiger partial charge is 0.472 e. The van der Waals surface area contributed by atoms with E-state index in [2.05, 4.69) is 25.6 Å². The highest BCUT2D eigenvalue weighted by Crippen LogP contribution is 2.36. The Morgan fingerprint density at radius 2 is 1.89 bits per heavy atom. The fraction of sp³-hybridized carbons (Fsp3) is 0.343. The zero-order chi connectivity index (χ0) is 33.3. The molecule has 1 amide bonds. The van der Waals surface area contributed by atoms with Gasteiger partial charge in [0.15, 0.2) is 0 Å². The Morgan fingerprint density at radius 1 is 1.06 bits per heavy atom. The van der Waals surface area contributed by atoms with Gasteiger partial charge in [-0.05, 0) is 92.3 Å². The van der Waals surface area contributed by atoms with Gasteiger partial charge >= 0.3 is 0 Å². The zero-order valence-corrected chi connectivity index (χ0v) is 28.1. The maximum Gasteiger partial charge on any atom is 0.248 e. The molecule has 0 aliphatic carbocycles. The monoisotopic (exact) mass is 653 g/mol. The Hall–Kier alpha value is -4.68. The number of carbonyl (C=O) groups excluding carboxylic acids is 1. The minimum Gasteiger partial charge on any atom is -0.472 e. The first kappa shape index (κ1) is 32.3. The first-order chi connectivity index (χ1) is 22.6. The molecule has 0 radical (unpaired) electrons. The van der Waals surface area contributed by atoms with Crippen molar-refractivity contribution < 1.29 is 17.9 Å². The summed E-state index contributed by atoms with van der Waals surface area (Å²) in [5.74, 6) is -0.379. The van der Waals surface area contributed by atoms with E-state index in [9.17, 15) is 13.2 Å². The summed E-state index contributed by atoms with van der Waals surface area (Å²) >= 11 is 0. The first-order valence-electron chi connectivity index (χ1n) is 15.9. The van der Waals surface area contributed by atoms with Gasteiger partial charge in [-0.3, -0.25) is 9.78 Å². The molecule has 0 fully saturated rings. The molecule has 1 aliphatic heterocycles. The van der Waals surface area contributed by atoms with Crippen LogP contribution in [0.25, 0.3) is 11.0 Å². The summed E-state index contributed by atoms with van der Waals surface area (Å²) in [7, 11) is -3.89. The van der Waals surface area contributed by atoms with E-state index in [1.807, 2.05) is 81.8 Å². The van der Waals surface area contributed by atoms with Crippen LogP contribution < -0.4 is 10.1 Å². The number of amides is 1. The zero-order valence-electron chi connectivity index (χ0n) is 27.3. The normalized spacial score (nSPS) is 16.7. The summed E-state index contributed by atoms with van der Waals surface area (Å²) in [5.41, 5.74) is 7.79. The third-order valence-electron chi connectivity index (χ3n) is 8.86. The van der Waals surface area contributed by atoms with E-state index < -0.39 is 10.0 Å². The van der Waals surface area contributed by atoms with Crippen LogP contribution in [0.2, 0.25) is 0 Å². The lowest BCUT2D eigenvalue weighted by molar-refractivity contribution is -0.116. The Morgan fingerprint density at radius 3 is 2.64 bits per heavy atom. The third kappa shape index (κ3) is 6.48. The molecule has 2 atom stereocenters. The molecular weight excluding hydrogens is 614 g/mol. The van der Waals surface area contributed by atoms with Gasteiger partial charge in [0, 0.05) is 37.3 Å². The van der Waals surface area contributed by atoms with Crippen LogP contribution in [0, 0.1) is 20.8 Å². The summed E-state index contributed by atoms with van der Waals surface area (Å²) in [6.07, 6.45) is 3.62. The molecule has 2 aromatic carbocycles. The van der Waals surface area contributed by atoms with Crippen molar-refractivity contribution >= 4 is 32.7 Å². The average molecular weight is 654 g/mol. The Labute approximate surface area is 275 Å². The number of benzene rings is 2. The number of aromatic nitrogens is 5. The van der Waals surface area contributed by atoms with E-state index in [1.54, 1.807) is 12.3 Å². The van der Waals surface area contributed by atoms with E-state index in [1.165, 1.54) is 16.6 Å². The van der Waals surface area contributed by atoms with Gasteiger partial charge in [-0.2, -0.15) is 4.31 Å². The summed E-state index contributed by atoms with van der Waals surface area (Å²) in [5, 5.41) is 11.8. The van der Waals surface area contributed by atoms with Crippen molar-refractivity contribution in [3.05, 3.63) is 101 Å². The quantitative estimate of drug-likeness (QED) is 0.215. The molecule has 1 aliphatic rings. The van der Waals surface area contributed by atoms with Gasteiger partial charge in [0.2, 0.25) is 21.8 Å². The number of nitrogens with one attached hydrogen (secondary N) is 1. The molecule has 1 N–H and O–H groups in total. The molecule has 4 heterocycles. The molecule has 244 valence electrons. The predicted molar refractivity (Wildman–Crippen MR) is 180 cm³/mol. The second-order valence-electron chi connectivity index (χ2n) is 12.0. The number of nitrogens with zero attached hydrogens (tertiary/aromatic N) is 6. The van der Waals surface area contributed by atoms with Crippen LogP contribution in [0.15, 0.2) is 71.9 Å². The van der Waals surface area contributed by atoms with Gasteiger partial charge in [0.25, 0.3) is 0 Å². The number of hydrogen-bond acceptors (Lipinski definition) is 8. The SMILES string of the molecule is CC[C@@H]1CN(Cc2cc([C@H](CC(=O)Nc3ccc(C)nc3)c3ccc4c(nnn4CC)c3C)ccc2C)S(=O)(=O)c2cccnc2O1. The summed E-state index contributed by atoms with van der Waals surface area (Å²) in [6, 6.07) is 16.9. The highest BCUT2D eigenvalue weighted by Gasteiger charge is 2.35. The van der Waals surface area contributed by atoms with Gasteiger partial charge in [0.1, 0.15) is 16.5 Å². The molecule has 0 saturated heterocycles. The standard InChI is InChI=1S/C35H39N7O4S/c1-6-28-21-41(47(44,45)32-9-8-16-36-35(32)46-28)20-26-17-25(12-10-22(26)3)30(18-33(43)38-27-13-11-23(4)37-19-27)29-14-15-31-34(24(29)5)39-40-42(31)7-2/h8-17,19,28,30H,6-7,18,20-21H2,1-5H3,(H,38,43)/t28-,30+/m1/s1. The van der Waals surface area contributed by atoms with E-state index in [0.717, 1.165) is 44.5 Å². The third-order valence-corrected chi connectivity index (χ3v) is 10.7. The number of pyridine rings is 2. The highest BCUT2D eigenvalue weighted by molar-refractivity contribution is 7.89. The molecule has 6 rings (SSSR count). The average Bonchev–Trinajstić information content (AvgIpc) is 3.45. The van der Waals surface area contributed by atoms with Crippen LogP contribution in [-0.4, -0.2) is 56.2 Å². The van der Waals surface area contributed by atoms with E-state index in [0.29, 0.717) is 18.7 Å². The summed E-state index contributed by atoms with van der Waals surface area (Å²) in [4.78, 5) is 22.2. The van der Waals surface area contributed by atoms with Crippen molar-refractivity contribution in [3.63, 3.8) is 0 Å². The number of ether oxygens (including phenoxy) is 1. The fourth-order valence-electron chi connectivity index (χ4n) is 6.09. The van der Waals surface area contributed by atoms with Crippen LogP contribution in [0.5, 0.6) is 5.88 Å². The van der Waals surface area contributed by atoms with E-state index in [4.69, 9.17) is 4.74 Å². The Balaban J connectivity index is 1.39. The van der Waals surface area contributed by atoms with Crippen LogP contribution in [0.1, 0.15) is 66.1 Å². The van der Waals surface area contributed by atoms with Gasteiger partial charge in [0.05, 0.1) is 23.9 Å². The minimum atomic E-state index is -3.89. The van der Waals surface area contributed by atoms with Crippen LogP contribution in [0.4, 0.5) is 5.69 Å². The molecule has 0 saturated carbocycles. The van der Waals surface area contributed by atoms with E-state index in [-0.39, 0.29) is 48.2 Å². The maximum absolute atomic E-state index is 13.9. The van der Waals surface area contributed by atoms with Gasteiger partial charge in [-0.1, -0.05) is 36.4 Å². The second kappa shape index (κ2) is 13.2. The van der Waals surface area contributed by atoms with Crippen LogP contribution >= 0.6 is 0 Å². The molecule has 0 spiro atoms. The molecule has 47 heavy (non-hydrogen) atoms. The number of aryl methyl sites for hydroxylation is 4. The number of anilines is 1. The fourth-order valence-corrected chi connectivity index (χ4v) is 7.61. The summed E-state index contributed by atoms with van der Waals surface area (Å²) < 4.78 is 37.2. The minimum absolute atomic E-state index is 0.0638. The van der Waals surface area contributed by atoms with Gasteiger partial charge in [-0.25, -0.2) is 18.1 Å². The topological polar surface area (TPSA) is 132 Å². The number of sulfonamides is 1. The number of hydrogen-bond donors (Lipinski definition) is 1. The Kier molecular flexibility index (Phi) is 9.07. The molecule has 0 bridgehead atoms.